The molecule has 0 bridgehead atoms. The van der Waals surface area contributed by atoms with Crippen LogP contribution in [0.25, 0.3) is 10.9 Å². The fourth-order valence-electron chi connectivity index (χ4n) is 1.80. The average molecular weight is 227 g/mol. The molecular weight excluding hydrogens is 214 g/mol. The number of fused-ring (bicyclic) bond motifs is 1. The third-order valence-corrected chi connectivity index (χ3v) is 2.91. The molecule has 2 aromatic rings. The third kappa shape index (κ3) is 1.93. The molecule has 0 spiro atoms. The lowest BCUT2D eigenvalue weighted by Crippen LogP contribution is -2.26. The number of aromatic nitrogens is 1. The molecule has 0 unspecified atom stereocenters. The molecule has 3 rings (SSSR count). The Bertz CT molecular complexity index is 590. The monoisotopic (exact) mass is 227 g/mol. The van der Waals surface area contributed by atoms with Crippen molar-refractivity contribution in [1.82, 2.24) is 10.3 Å². The quantitative estimate of drug-likeness (QED) is 0.820. The summed E-state index contributed by atoms with van der Waals surface area (Å²) in [6.07, 6.45) is 2.12. The van der Waals surface area contributed by atoms with Crippen LogP contribution in [0.2, 0.25) is 0 Å². The zero-order valence-electron chi connectivity index (χ0n) is 9.31. The first-order valence-electron chi connectivity index (χ1n) is 5.70. The van der Waals surface area contributed by atoms with Crippen LogP contribution >= 0.6 is 0 Å². The number of nitrogens with zero attached hydrogens (tertiary/aromatic N) is 1. The number of anilines is 1. The summed E-state index contributed by atoms with van der Waals surface area (Å²) >= 11 is 0. The van der Waals surface area contributed by atoms with Gasteiger partial charge in [0.05, 0.1) is 11.1 Å². The van der Waals surface area contributed by atoms with Gasteiger partial charge in [0.15, 0.2) is 0 Å². The number of para-hydroxylation sites is 1. The van der Waals surface area contributed by atoms with Gasteiger partial charge in [-0.15, -0.1) is 0 Å². The Balaban J connectivity index is 2.02. The highest BCUT2D eigenvalue weighted by Crippen LogP contribution is 2.22. The van der Waals surface area contributed by atoms with Crippen LogP contribution in [0.1, 0.15) is 23.2 Å². The van der Waals surface area contributed by atoms with Crippen molar-refractivity contribution in [3.8, 4) is 0 Å². The van der Waals surface area contributed by atoms with E-state index in [4.69, 9.17) is 5.73 Å². The molecule has 86 valence electrons. The van der Waals surface area contributed by atoms with Gasteiger partial charge in [-0.05, 0) is 25.0 Å². The standard InChI is InChI=1S/C13H13N3O/c14-12-10(13(17)15-9-5-6-9)7-8-3-1-2-4-11(8)16-12/h1-4,7,9H,5-6H2,(H2,14,16)(H,15,17). The van der Waals surface area contributed by atoms with Crippen molar-refractivity contribution in [2.24, 2.45) is 0 Å². The van der Waals surface area contributed by atoms with Crippen molar-refractivity contribution in [1.29, 1.82) is 0 Å². The molecule has 1 amide bonds. The highest BCUT2D eigenvalue weighted by Gasteiger charge is 2.24. The first-order valence-corrected chi connectivity index (χ1v) is 5.70. The summed E-state index contributed by atoms with van der Waals surface area (Å²) in [5.74, 6) is 0.171. The SMILES string of the molecule is Nc1nc2ccccc2cc1C(=O)NC1CC1. The lowest BCUT2D eigenvalue weighted by atomic mass is 10.1. The Morgan fingerprint density at radius 1 is 1.35 bits per heavy atom. The molecule has 1 aromatic carbocycles. The largest absolute Gasteiger partial charge is 0.383 e. The predicted molar refractivity (Wildman–Crippen MR) is 66.6 cm³/mol. The third-order valence-electron chi connectivity index (χ3n) is 2.91. The molecule has 0 radical (unpaired) electrons. The van der Waals surface area contributed by atoms with Gasteiger partial charge in [0, 0.05) is 11.4 Å². The first kappa shape index (κ1) is 10.1. The van der Waals surface area contributed by atoms with Crippen LogP contribution in [0.5, 0.6) is 0 Å². The van der Waals surface area contributed by atoms with Crippen LogP contribution in [0.4, 0.5) is 5.82 Å². The molecule has 1 aliphatic rings. The van der Waals surface area contributed by atoms with Crippen molar-refractivity contribution in [3.63, 3.8) is 0 Å². The summed E-state index contributed by atoms with van der Waals surface area (Å²) in [6, 6.07) is 9.76. The Hall–Kier alpha value is -2.10. The van der Waals surface area contributed by atoms with Crippen LogP contribution in [0.15, 0.2) is 30.3 Å². The Labute approximate surface area is 98.8 Å². The topological polar surface area (TPSA) is 68.0 Å². The van der Waals surface area contributed by atoms with E-state index in [1.54, 1.807) is 6.07 Å². The molecule has 1 fully saturated rings. The fraction of sp³-hybridized carbons (Fsp3) is 0.231. The highest BCUT2D eigenvalue weighted by atomic mass is 16.1. The predicted octanol–water partition coefficient (Wildman–Crippen LogP) is 1.71. The minimum absolute atomic E-state index is 0.122. The number of pyridine rings is 1. The summed E-state index contributed by atoms with van der Waals surface area (Å²) in [5.41, 5.74) is 7.09. The number of rotatable bonds is 2. The summed E-state index contributed by atoms with van der Waals surface area (Å²) < 4.78 is 0. The molecule has 1 heterocycles. The van der Waals surface area contributed by atoms with Crippen molar-refractivity contribution in [2.75, 3.05) is 5.73 Å². The van der Waals surface area contributed by atoms with Gasteiger partial charge in [0.1, 0.15) is 5.82 Å². The number of nitrogen functional groups attached to an aromatic ring is 1. The maximum absolute atomic E-state index is 11.9. The van der Waals surface area contributed by atoms with E-state index in [0.29, 0.717) is 17.4 Å². The van der Waals surface area contributed by atoms with Crippen LogP contribution in [-0.2, 0) is 0 Å². The number of carbonyl (C=O) groups is 1. The minimum Gasteiger partial charge on any atom is -0.383 e. The maximum atomic E-state index is 11.9. The molecule has 0 atom stereocenters. The van der Waals surface area contributed by atoms with Gasteiger partial charge in [-0.2, -0.15) is 0 Å². The number of amides is 1. The number of nitrogens with two attached hydrogens (primary N) is 1. The maximum Gasteiger partial charge on any atom is 0.255 e. The summed E-state index contributed by atoms with van der Waals surface area (Å²) in [5, 5.41) is 3.85. The van der Waals surface area contributed by atoms with Crippen LogP contribution in [0, 0.1) is 0 Å². The molecule has 3 N–H and O–H groups in total. The smallest absolute Gasteiger partial charge is 0.255 e. The molecule has 1 saturated carbocycles. The number of hydrogen-bond donors (Lipinski definition) is 2. The summed E-state index contributed by atoms with van der Waals surface area (Å²) in [6.45, 7) is 0. The van der Waals surface area contributed by atoms with E-state index in [9.17, 15) is 4.79 Å². The second-order valence-electron chi connectivity index (χ2n) is 4.36. The van der Waals surface area contributed by atoms with Crippen LogP contribution in [0.3, 0.4) is 0 Å². The zero-order valence-corrected chi connectivity index (χ0v) is 9.31. The summed E-state index contributed by atoms with van der Waals surface area (Å²) in [7, 11) is 0. The van der Waals surface area contributed by atoms with Gasteiger partial charge in [0.25, 0.3) is 5.91 Å². The van der Waals surface area contributed by atoms with Crippen molar-refractivity contribution in [3.05, 3.63) is 35.9 Å². The van der Waals surface area contributed by atoms with Gasteiger partial charge in [-0.25, -0.2) is 4.98 Å². The van der Waals surface area contributed by atoms with Gasteiger partial charge >= 0.3 is 0 Å². The lowest BCUT2D eigenvalue weighted by Gasteiger charge is -2.07. The highest BCUT2D eigenvalue weighted by molar-refractivity contribution is 6.02. The van der Waals surface area contributed by atoms with E-state index in [1.807, 2.05) is 24.3 Å². The van der Waals surface area contributed by atoms with E-state index < -0.39 is 0 Å². The first-order chi connectivity index (χ1) is 8.24. The molecule has 1 aromatic heterocycles. The second kappa shape index (κ2) is 3.73. The minimum atomic E-state index is -0.122. The number of nitrogens with one attached hydrogen (secondary N) is 1. The van der Waals surface area contributed by atoms with Gasteiger partial charge < -0.3 is 11.1 Å². The number of hydrogen-bond acceptors (Lipinski definition) is 3. The van der Waals surface area contributed by atoms with Crippen molar-refractivity contribution >= 4 is 22.6 Å². The fourth-order valence-corrected chi connectivity index (χ4v) is 1.80. The Morgan fingerprint density at radius 2 is 2.12 bits per heavy atom. The molecule has 0 aliphatic heterocycles. The van der Waals surface area contributed by atoms with E-state index in [2.05, 4.69) is 10.3 Å². The Morgan fingerprint density at radius 3 is 2.88 bits per heavy atom. The summed E-state index contributed by atoms with van der Waals surface area (Å²) in [4.78, 5) is 16.2. The second-order valence-corrected chi connectivity index (χ2v) is 4.36. The average Bonchev–Trinajstić information content (AvgIpc) is 3.12. The molecule has 4 heteroatoms. The molecule has 17 heavy (non-hydrogen) atoms. The van der Waals surface area contributed by atoms with Crippen molar-refractivity contribution in [2.45, 2.75) is 18.9 Å². The number of benzene rings is 1. The van der Waals surface area contributed by atoms with Gasteiger partial charge in [-0.3, -0.25) is 4.79 Å². The van der Waals surface area contributed by atoms with Crippen LogP contribution in [-0.4, -0.2) is 16.9 Å². The molecule has 4 nitrogen and oxygen atoms in total. The van der Waals surface area contributed by atoms with Crippen molar-refractivity contribution < 1.29 is 4.79 Å². The Kier molecular flexibility index (Phi) is 2.21. The molecule has 1 aliphatic carbocycles. The lowest BCUT2D eigenvalue weighted by molar-refractivity contribution is 0.0952. The van der Waals surface area contributed by atoms with Gasteiger partial charge in [0.2, 0.25) is 0 Å². The van der Waals surface area contributed by atoms with Gasteiger partial charge in [-0.1, -0.05) is 18.2 Å². The zero-order chi connectivity index (χ0) is 11.8. The molecule has 0 saturated heterocycles. The van der Waals surface area contributed by atoms with E-state index >= 15 is 0 Å². The van der Waals surface area contributed by atoms with E-state index in [1.165, 1.54) is 0 Å². The molecular formula is C13H13N3O. The van der Waals surface area contributed by atoms with Crippen LogP contribution < -0.4 is 11.1 Å². The normalized spacial score (nSPS) is 14.8. The van der Waals surface area contributed by atoms with E-state index in [0.717, 1.165) is 23.7 Å². The number of carbonyl (C=O) groups excluding carboxylic acids is 1. The van der Waals surface area contributed by atoms with E-state index in [-0.39, 0.29) is 5.91 Å².